The van der Waals surface area contributed by atoms with Crippen molar-refractivity contribution in [2.45, 2.75) is 19.8 Å². The molecular formula is C12H15ClN2O3. The molecule has 0 saturated heterocycles. The van der Waals surface area contributed by atoms with Gasteiger partial charge < -0.3 is 5.32 Å². The van der Waals surface area contributed by atoms with Gasteiger partial charge in [-0.3, -0.25) is 14.9 Å². The fraction of sp³-hybridized carbons (Fsp3) is 0.417. The number of amides is 1. The number of hydrogen-bond donors (Lipinski definition) is 1. The van der Waals surface area contributed by atoms with E-state index in [1.54, 1.807) is 6.92 Å². The molecule has 0 fully saturated rings. The van der Waals surface area contributed by atoms with Gasteiger partial charge >= 0.3 is 0 Å². The summed E-state index contributed by atoms with van der Waals surface area (Å²) in [6, 6.07) is 4.33. The van der Waals surface area contributed by atoms with Gasteiger partial charge in [-0.2, -0.15) is 0 Å². The zero-order valence-electron chi connectivity index (χ0n) is 10.1. The van der Waals surface area contributed by atoms with Crippen LogP contribution in [0, 0.1) is 17.0 Å². The quantitative estimate of drug-likeness (QED) is 0.374. The van der Waals surface area contributed by atoms with Crippen LogP contribution in [0.5, 0.6) is 0 Å². The number of unbranched alkanes of at least 4 members (excludes halogenated alkanes) is 1. The molecule has 1 rings (SSSR count). The van der Waals surface area contributed by atoms with Crippen molar-refractivity contribution in [1.82, 2.24) is 5.32 Å². The highest BCUT2D eigenvalue weighted by atomic mass is 35.5. The van der Waals surface area contributed by atoms with Gasteiger partial charge in [0.2, 0.25) is 0 Å². The predicted octanol–water partition coefficient (Wildman–Crippen LogP) is 2.65. The number of nitrogens with one attached hydrogen (secondary N) is 1. The van der Waals surface area contributed by atoms with Crippen LogP contribution in [-0.4, -0.2) is 23.3 Å². The smallest absolute Gasteiger partial charge is 0.272 e. The van der Waals surface area contributed by atoms with Crippen LogP contribution in [-0.2, 0) is 0 Å². The normalized spacial score (nSPS) is 10.1. The maximum Gasteiger partial charge on any atom is 0.272 e. The van der Waals surface area contributed by atoms with E-state index >= 15 is 0 Å². The van der Waals surface area contributed by atoms with Gasteiger partial charge in [-0.25, -0.2) is 0 Å². The first-order chi connectivity index (χ1) is 8.56. The molecule has 1 amide bonds. The maximum absolute atomic E-state index is 11.7. The van der Waals surface area contributed by atoms with Crippen LogP contribution in [0.1, 0.15) is 28.8 Å². The highest BCUT2D eigenvalue weighted by Gasteiger charge is 2.13. The van der Waals surface area contributed by atoms with Crippen LogP contribution in [0.4, 0.5) is 5.69 Å². The molecule has 0 bridgehead atoms. The zero-order chi connectivity index (χ0) is 13.5. The number of nitro benzene ring substituents is 1. The van der Waals surface area contributed by atoms with E-state index in [0.717, 1.165) is 12.8 Å². The van der Waals surface area contributed by atoms with E-state index in [1.807, 2.05) is 0 Å². The first kappa shape index (κ1) is 14.4. The molecule has 98 valence electrons. The molecule has 6 heteroatoms. The van der Waals surface area contributed by atoms with Crippen LogP contribution in [0.15, 0.2) is 18.2 Å². The van der Waals surface area contributed by atoms with Gasteiger partial charge in [-0.15, -0.1) is 11.6 Å². The van der Waals surface area contributed by atoms with E-state index in [9.17, 15) is 14.9 Å². The average Bonchev–Trinajstić information content (AvgIpc) is 2.33. The lowest BCUT2D eigenvalue weighted by atomic mass is 10.1. The summed E-state index contributed by atoms with van der Waals surface area (Å²) in [5.41, 5.74) is 0.936. The Morgan fingerprint density at radius 1 is 1.44 bits per heavy atom. The molecule has 0 saturated carbocycles. The summed E-state index contributed by atoms with van der Waals surface area (Å²) in [5, 5.41) is 13.4. The number of nitro groups is 1. The minimum Gasteiger partial charge on any atom is -0.352 e. The molecule has 0 spiro atoms. The van der Waals surface area contributed by atoms with Crippen molar-refractivity contribution < 1.29 is 9.72 Å². The van der Waals surface area contributed by atoms with Crippen LogP contribution in [0.25, 0.3) is 0 Å². The van der Waals surface area contributed by atoms with Gasteiger partial charge in [0.25, 0.3) is 11.6 Å². The van der Waals surface area contributed by atoms with Gasteiger partial charge in [0, 0.05) is 29.6 Å². The summed E-state index contributed by atoms with van der Waals surface area (Å²) < 4.78 is 0. The Morgan fingerprint density at radius 2 is 2.17 bits per heavy atom. The lowest BCUT2D eigenvalue weighted by Gasteiger charge is -2.05. The van der Waals surface area contributed by atoms with Gasteiger partial charge in [0.15, 0.2) is 0 Å². The molecule has 1 N–H and O–H groups in total. The number of carbonyl (C=O) groups is 1. The Balaban J connectivity index is 2.64. The fourth-order valence-electron chi connectivity index (χ4n) is 1.53. The van der Waals surface area contributed by atoms with Gasteiger partial charge in [0.1, 0.15) is 0 Å². The van der Waals surface area contributed by atoms with E-state index in [-0.39, 0.29) is 11.6 Å². The minimum atomic E-state index is -0.461. The molecule has 0 atom stereocenters. The van der Waals surface area contributed by atoms with Gasteiger partial charge in [0.05, 0.1) is 4.92 Å². The second-order valence-electron chi connectivity index (χ2n) is 3.91. The van der Waals surface area contributed by atoms with E-state index < -0.39 is 4.92 Å². The Labute approximate surface area is 110 Å². The van der Waals surface area contributed by atoms with Crippen molar-refractivity contribution in [2.24, 2.45) is 0 Å². The summed E-state index contributed by atoms with van der Waals surface area (Å²) in [6.07, 6.45) is 1.67. The largest absolute Gasteiger partial charge is 0.352 e. The number of aryl methyl sites for hydroxylation is 1. The molecule has 0 heterocycles. The predicted molar refractivity (Wildman–Crippen MR) is 70.1 cm³/mol. The Morgan fingerprint density at radius 3 is 2.72 bits per heavy atom. The molecule has 0 aromatic heterocycles. The van der Waals surface area contributed by atoms with Crippen molar-refractivity contribution in [3.8, 4) is 0 Å². The number of carbonyl (C=O) groups excluding carboxylic acids is 1. The monoisotopic (exact) mass is 270 g/mol. The average molecular weight is 271 g/mol. The first-order valence-corrected chi connectivity index (χ1v) is 6.19. The standard InChI is InChI=1S/C12H15ClN2O3/c1-9-8-10(4-5-11(9)15(17)18)12(16)14-7-3-2-6-13/h4-5,8H,2-3,6-7H2,1H3,(H,14,16). The number of halogens is 1. The van der Waals surface area contributed by atoms with Crippen molar-refractivity contribution in [1.29, 1.82) is 0 Å². The first-order valence-electron chi connectivity index (χ1n) is 5.65. The van der Waals surface area contributed by atoms with Crippen molar-refractivity contribution in [2.75, 3.05) is 12.4 Å². The third-order valence-electron chi connectivity index (χ3n) is 2.50. The lowest BCUT2D eigenvalue weighted by Crippen LogP contribution is -2.24. The third-order valence-corrected chi connectivity index (χ3v) is 2.77. The topological polar surface area (TPSA) is 72.2 Å². The molecule has 5 nitrogen and oxygen atoms in total. The number of rotatable bonds is 6. The zero-order valence-corrected chi connectivity index (χ0v) is 10.9. The Bertz CT molecular complexity index is 449. The summed E-state index contributed by atoms with van der Waals surface area (Å²) in [7, 11) is 0. The van der Waals surface area contributed by atoms with Crippen molar-refractivity contribution in [3.05, 3.63) is 39.4 Å². The van der Waals surface area contributed by atoms with Crippen LogP contribution < -0.4 is 5.32 Å². The third kappa shape index (κ3) is 4.00. The summed E-state index contributed by atoms with van der Waals surface area (Å²) in [6.45, 7) is 2.17. The molecule has 0 unspecified atom stereocenters. The van der Waals surface area contributed by atoms with Crippen LogP contribution >= 0.6 is 11.6 Å². The number of benzene rings is 1. The summed E-state index contributed by atoms with van der Waals surface area (Å²) in [5.74, 6) is 0.356. The highest BCUT2D eigenvalue weighted by Crippen LogP contribution is 2.18. The molecule has 18 heavy (non-hydrogen) atoms. The molecule has 0 aliphatic heterocycles. The molecule has 1 aromatic rings. The second-order valence-corrected chi connectivity index (χ2v) is 4.29. The van der Waals surface area contributed by atoms with E-state index in [1.165, 1.54) is 18.2 Å². The number of nitrogens with zero attached hydrogens (tertiary/aromatic N) is 1. The van der Waals surface area contributed by atoms with Crippen molar-refractivity contribution in [3.63, 3.8) is 0 Å². The molecular weight excluding hydrogens is 256 g/mol. The number of hydrogen-bond acceptors (Lipinski definition) is 3. The van der Waals surface area contributed by atoms with Crippen LogP contribution in [0.3, 0.4) is 0 Å². The number of alkyl halides is 1. The Kier molecular flexibility index (Phi) is 5.58. The van der Waals surface area contributed by atoms with Crippen molar-refractivity contribution >= 4 is 23.2 Å². The molecule has 0 aliphatic rings. The summed E-state index contributed by atoms with van der Waals surface area (Å²) >= 11 is 5.53. The second kappa shape index (κ2) is 6.96. The van der Waals surface area contributed by atoms with Gasteiger partial charge in [-0.1, -0.05) is 0 Å². The Hall–Kier alpha value is -1.62. The molecule has 0 aliphatic carbocycles. The highest BCUT2D eigenvalue weighted by molar-refractivity contribution is 6.17. The minimum absolute atomic E-state index is 0.0219. The van der Waals surface area contributed by atoms with Gasteiger partial charge in [-0.05, 0) is 31.9 Å². The molecule has 1 aromatic carbocycles. The van der Waals surface area contributed by atoms with E-state index in [2.05, 4.69) is 5.32 Å². The molecule has 0 radical (unpaired) electrons. The lowest BCUT2D eigenvalue weighted by molar-refractivity contribution is -0.385. The SMILES string of the molecule is Cc1cc(C(=O)NCCCCCl)ccc1[N+](=O)[O-]. The van der Waals surface area contributed by atoms with E-state index in [4.69, 9.17) is 11.6 Å². The van der Waals surface area contributed by atoms with E-state index in [0.29, 0.717) is 23.6 Å². The summed E-state index contributed by atoms with van der Waals surface area (Å²) in [4.78, 5) is 21.9. The fourth-order valence-corrected chi connectivity index (χ4v) is 1.71. The maximum atomic E-state index is 11.7. The van der Waals surface area contributed by atoms with Crippen LogP contribution in [0.2, 0.25) is 0 Å².